The lowest BCUT2D eigenvalue weighted by Gasteiger charge is -2.10. The summed E-state index contributed by atoms with van der Waals surface area (Å²) in [7, 11) is 3.35. The van der Waals surface area contributed by atoms with Crippen molar-refractivity contribution in [1.82, 2.24) is 9.78 Å². The van der Waals surface area contributed by atoms with Crippen LogP contribution in [-0.4, -0.2) is 28.5 Å². The average Bonchev–Trinajstić information content (AvgIpc) is 2.40. The molecule has 5 heteroatoms. The van der Waals surface area contributed by atoms with Crippen molar-refractivity contribution in [3.8, 4) is 5.88 Å². The van der Waals surface area contributed by atoms with Crippen molar-refractivity contribution in [2.24, 2.45) is 12.8 Å². The summed E-state index contributed by atoms with van der Waals surface area (Å²) in [5.74, 6) is 0.600. The van der Waals surface area contributed by atoms with Crippen LogP contribution in [0.1, 0.15) is 23.8 Å². The molecule has 0 aliphatic heterocycles. The molecule has 1 atom stereocenters. The van der Waals surface area contributed by atoms with Gasteiger partial charge in [-0.3, -0.25) is 0 Å². The van der Waals surface area contributed by atoms with Crippen LogP contribution >= 0.6 is 0 Å². The Hall–Kier alpha value is -1.07. The Kier molecular flexibility index (Phi) is 3.49. The maximum atomic E-state index is 9.81. The topological polar surface area (TPSA) is 73.3 Å². The van der Waals surface area contributed by atoms with Crippen LogP contribution in [-0.2, 0) is 7.05 Å². The molecule has 0 aliphatic rings. The van der Waals surface area contributed by atoms with Crippen LogP contribution in [0.3, 0.4) is 0 Å². The van der Waals surface area contributed by atoms with E-state index in [1.165, 1.54) is 0 Å². The Morgan fingerprint density at radius 1 is 1.64 bits per heavy atom. The molecule has 0 unspecified atom stereocenters. The number of aliphatic hydroxyl groups excluding tert-OH is 1. The maximum Gasteiger partial charge on any atom is 0.217 e. The van der Waals surface area contributed by atoms with Gasteiger partial charge in [0.1, 0.15) is 0 Å². The summed E-state index contributed by atoms with van der Waals surface area (Å²) in [6, 6.07) is 0. The molecule has 0 saturated heterocycles. The highest BCUT2D eigenvalue weighted by molar-refractivity contribution is 5.33. The molecule has 14 heavy (non-hydrogen) atoms. The van der Waals surface area contributed by atoms with Gasteiger partial charge in [-0.15, -0.1) is 0 Å². The van der Waals surface area contributed by atoms with Crippen molar-refractivity contribution in [2.75, 3.05) is 13.7 Å². The molecule has 0 fully saturated rings. The number of hydrogen-bond donors (Lipinski definition) is 2. The number of rotatable bonds is 4. The third-order valence-electron chi connectivity index (χ3n) is 2.18. The van der Waals surface area contributed by atoms with Crippen molar-refractivity contribution < 1.29 is 9.84 Å². The molecule has 5 nitrogen and oxygen atoms in total. The SMILES string of the molecule is COc1c([C@@H](O)CCN)c(C)nn1C. The van der Waals surface area contributed by atoms with Crippen LogP contribution in [0, 0.1) is 6.92 Å². The molecule has 0 radical (unpaired) electrons. The lowest BCUT2D eigenvalue weighted by atomic mass is 10.1. The monoisotopic (exact) mass is 199 g/mol. The third-order valence-corrected chi connectivity index (χ3v) is 2.18. The van der Waals surface area contributed by atoms with Crippen LogP contribution < -0.4 is 10.5 Å². The second kappa shape index (κ2) is 4.43. The highest BCUT2D eigenvalue weighted by Gasteiger charge is 2.20. The van der Waals surface area contributed by atoms with Crippen molar-refractivity contribution >= 4 is 0 Å². The first-order chi connectivity index (χ1) is 6.61. The fraction of sp³-hybridized carbons (Fsp3) is 0.667. The highest BCUT2D eigenvalue weighted by atomic mass is 16.5. The van der Waals surface area contributed by atoms with E-state index in [0.29, 0.717) is 18.8 Å². The van der Waals surface area contributed by atoms with Gasteiger partial charge < -0.3 is 15.6 Å². The predicted octanol–water partition coefficient (Wildman–Crippen LogP) is 0.119. The summed E-state index contributed by atoms with van der Waals surface area (Å²) in [5.41, 5.74) is 6.91. The van der Waals surface area contributed by atoms with Crippen molar-refractivity contribution in [3.05, 3.63) is 11.3 Å². The lowest BCUT2D eigenvalue weighted by Crippen LogP contribution is -2.08. The zero-order chi connectivity index (χ0) is 10.7. The van der Waals surface area contributed by atoms with Gasteiger partial charge in [0.25, 0.3) is 0 Å². The van der Waals surface area contributed by atoms with Crippen LogP contribution in [0.2, 0.25) is 0 Å². The summed E-state index contributed by atoms with van der Waals surface area (Å²) in [6.45, 7) is 2.29. The van der Waals surface area contributed by atoms with Crippen molar-refractivity contribution in [1.29, 1.82) is 0 Å². The van der Waals surface area contributed by atoms with E-state index in [-0.39, 0.29) is 0 Å². The molecule has 1 heterocycles. The molecule has 0 aromatic carbocycles. The van der Waals surface area contributed by atoms with Gasteiger partial charge in [0.2, 0.25) is 5.88 Å². The van der Waals surface area contributed by atoms with Crippen molar-refractivity contribution in [2.45, 2.75) is 19.4 Å². The van der Waals surface area contributed by atoms with Gasteiger partial charge in [0.05, 0.1) is 24.5 Å². The molecule has 1 aromatic heterocycles. The number of nitrogens with zero attached hydrogens (tertiary/aromatic N) is 2. The minimum Gasteiger partial charge on any atom is -0.481 e. The Bertz CT molecular complexity index is 309. The standard InChI is InChI=1S/C9H17N3O2/c1-6-8(7(13)4-5-10)9(14-3)12(2)11-6/h7,13H,4-5,10H2,1-3H3/t7-/m0/s1. The Morgan fingerprint density at radius 3 is 2.79 bits per heavy atom. The molecule has 3 N–H and O–H groups in total. The van der Waals surface area contributed by atoms with E-state index >= 15 is 0 Å². The van der Waals surface area contributed by atoms with Gasteiger partial charge in [0.15, 0.2) is 0 Å². The summed E-state index contributed by atoms with van der Waals surface area (Å²) in [5, 5.41) is 14.0. The van der Waals surface area contributed by atoms with E-state index in [2.05, 4.69) is 5.10 Å². The Morgan fingerprint density at radius 2 is 2.29 bits per heavy atom. The first-order valence-corrected chi connectivity index (χ1v) is 4.57. The van der Waals surface area contributed by atoms with E-state index in [4.69, 9.17) is 10.5 Å². The van der Waals surface area contributed by atoms with E-state index in [1.807, 2.05) is 6.92 Å². The van der Waals surface area contributed by atoms with E-state index < -0.39 is 6.10 Å². The number of ether oxygens (including phenoxy) is 1. The Labute approximate surface area is 83.5 Å². The summed E-state index contributed by atoms with van der Waals surface area (Å²) < 4.78 is 6.78. The molecule has 0 aliphatic carbocycles. The number of methoxy groups -OCH3 is 1. The zero-order valence-electron chi connectivity index (χ0n) is 8.82. The van der Waals surface area contributed by atoms with Gasteiger partial charge in [-0.2, -0.15) is 5.10 Å². The quantitative estimate of drug-likeness (QED) is 0.722. The third kappa shape index (κ3) is 1.88. The van der Waals surface area contributed by atoms with Crippen molar-refractivity contribution in [3.63, 3.8) is 0 Å². The molecule has 0 bridgehead atoms. The van der Waals surface area contributed by atoms with E-state index in [1.54, 1.807) is 18.8 Å². The minimum atomic E-state index is -0.594. The highest BCUT2D eigenvalue weighted by Crippen LogP contribution is 2.29. The number of aromatic nitrogens is 2. The van der Waals surface area contributed by atoms with Gasteiger partial charge in [-0.25, -0.2) is 4.68 Å². The molecular weight excluding hydrogens is 182 g/mol. The van der Waals surface area contributed by atoms with Gasteiger partial charge >= 0.3 is 0 Å². The molecule has 80 valence electrons. The summed E-state index contributed by atoms with van der Waals surface area (Å²) >= 11 is 0. The maximum absolute atomic E-state index is 9.81. The first-order valence-electron chi connectivity index (χ1n) is 4.57. The average molecular weight is 199 g/mol. The number of aryl methyl sites for hydroxylation is 2. The number of nitrogens with two attached hydrogens (primary N) is 1. The molecule has 0 amide bonds. The first kappa shape index (κ1) is 11.0. The van der Waals surface area contributed by atoms with Crippen LogP contribution in [0.25, 0.3) is 0 Å². The smallest absolute Gasteiger partial charge is 0.217 e. The van der Waals surface area contributed by atoms with Gasteiger partial charge in [0, 0.05) is 7.05 Å². The zero-order valence-corrected chi connectivity index (χ0v) is 8.82. The molecule has 1 aromatic rings. The fourth-order valence-electron chi connectivity index (χ4n) is 1.58. The van der Waals surface area contributed by atoms with Crippen LogP contribution in [0.15, 0.2) is 0 Å². The fourth-order valence-corrected chi connectivity index (χ4v) is 1.58. The lowest BCUT2D eigenvalue weighted by molar-refractivity contribution is 0.165. The minimum absolute atomic E-state index is 0.443. The predicted molar refractivity (Wildman–Crippen MR) is 53.1 cm³/mol. The van der Waals surface area contributed by atoms with Gasteiger partial charge in [-0.1, -0.05) is 0 Å². The molecule has 0 saturated carbocycles. The largest absolute Gasteiger partial charge is 0.481 e. The summed E-state index contributed by atoms with van der Waals surface area (Å²) in [4.78, 5) is 0. The summed E-state index contributed by atoms with van der Waals surface area (Å²) in [6.07, 6.45) is -0.0771. The number of hydrogen-bond acceptors (Lipinski definition) is 4. The second-order valence-corrected chi connectivity index (χ2v) is 3.23. The van der Waals surface area contributed by atoms with Crippen LogP contribution in [0.4, 0.5) is 0 Å². The molecular formula is C9H17N3O2. The molecule has 0 spiro atoms. The van der Waals surface area contributed by atoms with E-state index in [0.717, 1.165) is 11.3 Å². The van der Waals surface area contributed by atoms with Gasteiger partial charge in [-0.05, 0) is 19.9 Å². The van der Waals surface area contributed by atoms with E-state index in [9.17, 15) is 5.11 Å². The number of aliphatic hydroxyl groups is 1. The second-order valence-electron chi connectivity index (χ2n) is 3.23. The Balaban J connectivity index is 3.04. The van der Waals surface area contributed by atoms with Crippen LogP contribution in [0.5, 0.6) is 5.88 Å². The molecule has 1 rings (SSSR count). The normalized spacial score (nSPS) is 12.9.